The lowest BCUT2D eigenvalue weighted by Gasteiger charge is -2.34. The molecule has 2 aromatic heterocycles. The minimum atomic E-state index is -0.0963. The van der Waals surface area contributed by atoms with Crippen molar-refractivity contribution in [2.75, 3.05) is 32.8 Å². The second-order valence-corrected chi connectivity index (χ2v) is 6.27. The van der Waals surface area contributed by atoms with Gasteiger partial charge in [0.2, 0.25) is 5.91 Å². The van der Waals surface area contributed by atoms with Crippen LogP contribution in [0.1, 0.15) is 16.5 Å². The summed E-state index contributed by atoms with van der Waals surface area (Å²) in [6.45, 7) is 3.87. The highest BCUT2D eigenvalue weighted by Crippen LogP contribution is 2.25. The van der Waals surface area contributed by atoms with Crippen LogP contribution >= 0.6 is 11.3 Å². The summed E-state index contributed by atoms with van der Waals surface area (Å²) in [6.07, 6.45) is 6.70. The van der Waals surface area contributed by atoms with Crippen LogP contribution in [-0.4, -0.2) is 53.9 Å². The molecule has 0 bridgehead atoms. The second kappa shape index (κ2) is 8.05. The number of aromatic amines is 1. The van der Waals surface area contributed by atoms with Gasteiger partial charge in [-0.15, -0.1) is 11.3 Å². The molecule has 2 N–H and O–H groups in total. The second-order valence-electron chi connectivity index (χ2n) is 5.29. The van der Waals surface area contributed by atoms with E-state index in [0.29, 0.717) is 6.54 Å². The molecule has 0 radical (unpaired) electrons. The van der Waals surface area contributed by atoms with Crippen molar-refractivity contribution in [3.63, 3.8) is 0 Å². The summed E-state index contributed by atoms with van der Waals surface area (Å²) in [5.74, 6) is -0.0963. The Balaban J connectivity index is 1.58. The van der Waals surface area contributed by atoms with Gasteiger partial charge in [-0.05, 0) is 17.5 Å². The van der Waals surface area contributed by atoms with Crippen molar-refractivity contribution in [2.45, 2.75) is 6.04 Å². The van der Waals surface area contributed by atoms with Gasteiger partial charge in [-0.25, -0.2) is 0 Å². The van der Waals surface area contributed by atoms with Crippen LogP contribution in [-0.2, 0) is 9.53 Å². The molecule has 6 nitrogen and oxygen atoms in total. The number of nitrogens with zero attached hydrogens (tertiary/aromatic N) is 2. The van der Waals surface area contributed by atoms with Crippen LogP contribution in [0.2, 0.25) is 0 Å². The van der Waals surface area contributed by atoms with Crippen molar-refractivity contribution in [1.82, 2.24) is 20.4 Å². The van der Waals surface area contributed by atoms with Gasteiger partial charge in [0.1, 0.15) is 0 Å². The predicted molar refractivity (Wildman–Crippen MR) is 90.1 cm³/mol. The highest BCUT2D eigenvalue weighted by molar-refractivity contribution is 7.10. The Morgan fingerprint density at radius 3 is 3.09 bits per heavy atom. The molecule has 122 valence electrons. The SMILES string of the molecule is O=C(C=Cc1cn[nH]c1)NCC(c1cccs1)N1CCOCC1. The van der Waals surface area contributed by atoms with Crippen LogP contribution in [0, 0.1) is 0 Å². The van der Waals surface area contributed by atoms with E-state index in [-0.39, 0.29) is 11.9 Å². The summed E-state index contributed by atoms with van der Waals surface area (Å²) in [5, 5.41) is 11.6. The van der Waals surface area contributed by atoms with E-state index < -0.39 is 0 Å². The summed E-state index contributed by atoms with van der Waals surface area (Å²) >= 11 is 1.72. The summed E-state index contributed by atoms with van der Waals surface area (Å²) < 4.78 is 5.43. The van der Waals surface area contributed by atoms with Gasteiger partial charge in [-0.3, -0.25) is 14.8 Å². The van der Waals surface area contributed by atoms with Crippen molar-refractivity contribution in [2.24, 2.45) is 0 Å². The van der Waals surface area contributed by atoms with E-state index in [4.69, 9.17) is 4.74 Å². The lowest BCUT2D eigenvalue weighted by Crippen LogP contribution is -2.43. The Bertz CT molecular complexity index is 619. The van der Waals surface area contributed by atoms with Gasteiger partial charge < -0.3 is 10.1 Å². The topological polar surface area (TPSA) is 70.2 Å². The molecule has 0 aromatic carbocycles. The largest absolute Gasteiger partial charge is 0.379 e. The fraction of sp³-hybridized carbons (Fsp3) is 0.375. The molecule has 0 aliphatic carbocycles. The lowest BCUT2D eigenvalue weighted by molar-refractivity contribution is -0.116. The molecule has 0 spiro atoms. The number of amides is 1. The summed E-state index contributed by atoms with van der Waals surface area (Å²) in [5.41, 5.74) is 0.878. The first-order valence-electron chi connectivity index (χ1n) is 7.63. The van der Waals surface area contributed by atoms with E-state index >= 15 is 0 Å². The molecular weight excluding hydrogens is 312 g/mol. The normalized spacial score (nSPS) is 17.4. The van der Waals surface area contributed by atoms with E-state index in [1.54, 1.807) is 29.8 Å². The number of carbonyl (C=O) groups is 1. The molecule has 3 heterocycles. The van der Waals surface area contributed by atoms with Gasteiger partial charge >= 0.3 is 0 Å². The number of thiophene rings is 1. The zero-order valence-electron chi connectivity index (χ0n) is 12.8. The minimum absolute atomic E-state index is 0.0963. The van der Waals surface area contributed by atoms with E-state index in [9.17, 15) is 4.79 Å². The van der Waals surface area contributed by atoms with Crippen molar-refractivity contribution in [3.05, 3.63) is 46.4 Å². The Morgan fingerprint density at radius 1 is 1.52 bits per heavy atom. The van der Waals surface area contributed by atoms with Gasteiger partial charge in [0.05, 0.1) is 25.5 Å². The summed E-state index contributed by atoms with van der Waals surface area (Å²) in [4.78, 5) is 15.7. The molecule has 1 fully saturated rings. The van der Waals surface area contributed by atoms with Crippen molar-refractivity contribution >= 4 is 23.3 Å². The third-order valence-electron chi connectivity index (χ3n) is 3.77. The molecule has 1 aliphatic heterocycles. The average Bonchev–Trinajstić information content (AvgIpc) is 3.28. The van der Waals surface area contributed by atoms with Crippen LogP contribution < -0.4 is 5.32 Å². The third-order valence-corrected chi connectivity index (χ3v) is 4.75. The minimum Gasteiger partial charge on any atom is -0.379 e. The van der Waals surface area contributed by atoms with Crippen molar-refractivity contribution < 1.29 is 9.53 Å². The highest BCUT2D eigenvalue weighted by Gasteiger charge is 2.23. The summed E-state index contributed by atoms with van der Waals surface area (Å²) in [7, 11) is 0. The number of aromatic nitrogens is 2. The Hall–Kier alpha value is -1.96. The third kappa shape index (κ3) is 4.51. The molecule has 1 atom stereocenters. The summed E-state index contributed by atoms with van der Waals surface area (Å²) in [6, 6.07) is 4.37. The predicted octanol–water partition coefficient (Wildman–Crippen LogP) is 1.67. The number of hydrogen-bond acceptors (Lipinski definition) is 5. The smallest absolute Gasteiger partial charge is 0.244 e. The quantitative estimate of drug-likeness (QED) is 0.790. The van der Waals surface area contributed by atoms with Crippen LogP contribution in [0.15, 0.2) is 36.0 Å². The number of ether oxygens (including phenoxy) is 1. The van der Waals surface area contributed by atoms with Gasteiger partial charge in [0, 0.05) is 42.3 Å². The zero-order valence-corrected chi connectivity index (χ0v) is 13.6. The van der Waals surface area contributed by atoms with Gasteiger partial charge in [0.15, 0.2) is 0 Å². The van der Waals surface area contributed by atoms with E-state index in [2.05, 4.69) is 31.9 Å². The molecule has 7 heteroatoms. The Labute approximate surface area is 139 Å². The molecular formula is C16H20N4O2S. The molecule has 1 saturated heterocycles. The highest BCUT2D eigenvalue weighted by atomic mass is 32.1. The van der Waals surface area contributed by atoms with Gasteiger partial charge in [-0.2, -0.15) is 5.10 Å². The van der Waals surface area contributed by atoms with Crippen molar-refractivity contribution in [3.8, 4) is 0 Å². The fourth-order valence-corrected chi connectivity index (χ4v) is 3.42. The van der Waals surface area contributed by atoms with E-state index in [0.717, 1.165) is 31.9 Å². The maximum atomic E-state index is 12.0. The first-order valence-corrected chi connectivity index (χ1v) is 8.51. The molecule has 1 amide bonds. The number of hydrogen-bond donors (Lipinski definition) is 2. The first-order chi connectivity index (χ1) is 11.3. The van der Waals surface area contributed by atoms with E-state index in [1.807, 2.05) is 6.07 Å². The van der Waals surface area contributed by atoms with Crippen molar-refractivity contribution in [1.29, 1.82) is 0 Å². The van der Waals surface area contributed by atoms with Gasteiger partial charge in [0.25, 0.3) is 0 Å². The van der Waals surface area contributed by atoms with Gasteiger partial charge in [-0.1, -0.05) is 6.07 Å². The molecule has 1 aliphatic rings. The number of rotatable bonds is 6. The van der Waals surface area contributed by atoms with E-state index in [1.165, 1.54) is 11.0 Å². The van der Waals surface area contributed by atoms with Crippen LogP contribution in [0.3, 0.4) is 0 Å². The molecule has 1 unspecified atom stereocenters. The number of morpholine rings is 1. The first kappa shape index (κ1) is 15.9. The molecule has 23 heavy (non-hydrogen) atoms. The van der Waals surface area contributed by atoms with Crippen LogP contribution in [0.25, 0.3) is 6.08 Å². The molecule has 2 aromatic rings. The standard InChI is InChI=1S/C16H20N4O2S/c21-16(4-3-13-10-18-19-11-13)17-12-14(15-2-1-9-23-15)20-5-7-22-8-6-20/h1-4,9-11,14H,5-8,12H2,(H,17,21)(H,18,19). The molecule has 0 saturated carbocycles. The van der Waals surface area contributed by atoms with Crippen LogP contribution in [0.4, 0.5) is 0 Å². The Morgan fingerprint density at radius 2 is 2.39 bits per heavy atom. The number of H-pyrrole nitrogens is 1. The monoisotopic (exact) mass is 332 g/mol. The maximum absolute atomic E-state index is 12.0. The fourth-order valence-electron chi connectivity index (χ4n) is 2.56. The molecule has 3 rings (SSSR count). The Kier molecular flexibility index (Phi) is 5.57. The average molecular weight is 332 g/mol. The number of nitrogens with one attached hydrogen (secondary N) is 2. The number of carbonyl (C=O) groups excluding carboxylic acids is 1. The van der Waals surface area contributed by atoms with Crippen LogP contribution in [0.5, 0.6) is 0 Å². The zero-order chi connectivity index (χ0) is 15.9. The maximum Gasteiger partial charge on any atom is 0.244 e. The lowest BCUT2D eigenvalue weighted by atomic mass is 10.2.